The molecule has 0 saturated carbocycles. The predicted octanol–water partition coefficient (Wildman–Crippen LogP) is 4.40. The van der Waals surface area contributed by atoms with Gasteiger partial charge in [0.1, 0.15) is 6.07 Å². The Kier molecular flexibility index (Phi) is 3.21. The molecular weight excluding hydrogens is 285 g/mol. The summed E-state index contributed by atoms with van der Waals surface area (Å²) in [6, 6.07) is 5.12. The standard InChI is InChI=1S/C13H11BrFNO/c1-7(2)3-9-10-4-8(14)5-11(15)13(10)17-12(9)6-16/h4-5,7H,3H2,1-2H3. The van der Waals surface area contributed by atoms with Crippen molar-refractivity contribution in [2.24, 2.45) is 5.92 Å². The first kappa shape index (κ1) is 12.1. The van der Waals surface area contributed by atoms with E-state index in [0.29, 0.717) is 22.2 Å². The van der Waals surface area contributed by atoms with Gasteiger partial charge in [0.2, 0.25) is 5.76 Å². The molecule has 1 aromatic heterocycles. The normalized spacial score (nSPS) is 11.1. The highest BCUT2D eigenvalue weighted by molar-refractivity contribution is 9.10. The number of halogens is 2. The van der Waals surface area contributed by atoms with E-state index in [1.165, 1.54) is 6.07 Å². The van der Waals surface area contributed by atoms with Crippen molar-refractivity contribution >= 4 is 26.9 Å². The molecule has 0 N–H and O–H groups in total. The lowest BCUT2D eigenvalue weighted by Crippen LogP contribution is -1.95. The third-order valence-electron chi connectivity index (χ3n) is 2.53. The molecule has 0 spiro atoms. The molecule has 0 amide bonds. The molecule has 0 radical (unpaired) electrons. The lowest BCUT2D eigenvalue weighted by atomic mass is 10.00. The van der Waals surface area contributed by atoms with Gasteiger partial charge < -0.3 is 4.42 Å². The van der Waals surface area contributed by atoms with Gasteiger partial charge in [-0.2, -0.15) is 5.26 Å². The zero-order chi connectivity index (χ0) is 12.6. The molecule has 2 nitrogen and oxygen atoms in total. The second-order valence-electron chi connectivity index (χ2n) is 4.38. The van der Waals surface area contributed by atoms with E-state index in [0.717, 1.165) is 5.56 Å². The van der Waals surface area contributed by atoms with Crippen molar-refractivity contribution in [1.82, 2.24) is 0 Å². The fourth-order valence-corrected chi connectivity index (χ4v) is 2.31. The monoisotopic (exact) mass is 295 g/mol. The first-order chi connectivity index (χ1) is 8.02. The summed E-state index contributed by atoms with van der Waals surface area (Å²) in [6.45, 7) is 4.10. The number of hydrogen-bond acceptors (Lipinski definition) is 2. The first-order valence-electron chi connectivity index (χ1n) is 5.33. The minimum absolute atomic E-state index is 0.167. The Balaban J connectivity index is 2.75. The van der Waals surface area contributed by atoms with Gasteiger partial charge in [0.15, 0.2) is 11.4 Å². The molecule has 0 aliphatic heterocycles. The summed E-state index contributed by atoms with van der Waals surface area (Å²) in [4.78, 5) is 0. The maximum atomic E-state index is 13.7. The maximum absolute atomic E-state index is 13.7. The summed E-state index contributed by atoms with van der Waals surface area (Å²) in [5.74, 6) is 0.150. The van der Waals surface area contributed by atoms with Gasteiger partial charge in [-0.15, -0.1) is 0 Å². The second kappa shape index (κ2) is 4.50. The summed E-state index contributed by atoms with van der Waals surface area (Å²) < 4.78 is 19.6. The fraction of sp³-hybridized carbons (Fsp3) is 0.308. The number of rotatable bonds is 2. The number of furan rings is 1. The molecule has 0 aliphatic carbocycles. The number of nitrogens with zero attached hydrogens (tertiary/aromatic N) is 1. The van der Waals surface area contributed by atoms with Gasteiger partial charge in [0.25, 0.3) is 0 Å². The Hall–Kier alpha value is -1.34. The molecule has 1 heterocycles. The third-order valence-corrected chi connectivity index (χ3v) is 2.98. The largest absolute Gasteiger partial charge is 0.442 e. The van der Waals surface area contributed by atoms with E-state index in [9.17, 15) is 4.39 Å². The van der Waals surface area contributed by atoms with Gasteiger partial charge in [-0.1, -0.05) is 29.8 Å². The van der Waals surface area contributed by atoms with Crippen LogP contribution in [0.1, 0.15) is 25.2 Å². The van der Waals surface area contributed by atoms with Crippen LogP contribution in [0.15, 0.2) is 21.0 Å². The van der Waals surface area contributed by atoms with Gasteiger partial charge in [-0.25, -0.2) is 4.39 Å². The van der Waals surface area contributed by atoms with E-state index in [1.807, 2.05) is 19.9 Å². The van der Waals surface area contributed by atoms with Crippen LogP contribution in [0.25, 0.3) is 11.0 Å². The molecule has 2 rings (SSSR count). The van der Waals surface area contributed by atoms with Crippen LogP contribution in [0, 0.1) is 23.1 Å². The van der Waals surface area contributed by atoms with E-state index in [2.05, 4.69) is 15.9 Å². The topological polar surface area (TPSA) is 36.9 Å². The molecule has 0 bridgehead atoms. The zero-order valence-corrected chi connectivity index (χ0v) is 11.1. The van der Waals surface area contributed by atoms with E-state index in [1.54, 1.807) is 6.07 Å². The molecule has 2 aromatic rings. The Labute approximate surface area is 107 Å². The SMILES string of the molecule is CC(C)Cc1c(C#N)oc2c(F)cc(Br)cc12. The molecule has 0 saturated heterocycles. The Morgan fingerprint density at radius 3 is 2.76 bits per heavy atom. The van der Waals surface area contributed by atoms with Crippen molar-refractivity contribution in [3.05, 3.63) is 33.7 Å². The van der Waals surface area contributed by atoms with Crippen LogP contribution in [0.5, 0.6) is 0 Å². The van der Waals surface area contributed by atoms with Gasteiger partial charge in [-0.05, 0) is 24.5 Å². The van der Waals surface area contributed by atoms with Crippen LogP contribution in [0.2, 0.25) is 0 Å². The van der Waals surface area contributed by atoms with Crippen LogP contribution in [0.4, 0.5) is 4.39 Å². The van der Waals surface area contributed by atoms with Crippen molar-refractivity contribution in [2.75, 3.05) is 0 Å². The van der Waals surface area contributed by atoms with E-state index < -0.39 is 5.82 Å². The van der Waals surface area contributed by atoms with E-state index in [4.69, 9.17) is 9.68 Å². The summed E-state index contributed by atoms with van der Waals surface area (Å²) >= 11 is 3.25. The second-order valence-corrected chi connectivity index (χ2v) is 5.30. The van der Waals surface area contributed by atoms with Gasteiger partial charge >= 0.3 is 0 Å². The summed E-state index contributed by atoms with van der Waals surface area (Å²) in [5, 5.41) is 9.70. The average Bonchev–Trinajstić information content (AvgIpc) is 2.56. The molecule has 0 fully saturated rings. The number of fused-ring (bicyclic) bond motifs is 1. The highest BCUT2D eigenvalue weighted by atomic mass is 79.9. The quantitative estimate of drug-likeness (QED) is 0.823. The zero-order valence-electron chi connectivity index (χ0n) is 9.55. The summed E-state index contributed by atoms with van der Waals surface area (Å²) in [6.07, 6.45) is 0.700. The van der Waals surface area contributed by atoms with Gasteiger partial charge in [-0.3, -0.25) is 0 Å². The van der Waals surface area contributed by atoms with Crippen LogP contribution < -0.4 is 0 Å². The first-order valence-corrected chi connectivity index (χ1v) is 6.12. The molecule has 0 unspecified atom stereocenters. The Morgan fingerprint density at radius 1 is 1.47 bits per heavy atom. The third kappa shape index (κ3) is 2.20. The van der Waals surface area contributed by atoms with Crippen LogP contribution in [-0.2, 0) is 6.42 Å². The van der Waals surface area contributed by atoms with Crippen molar-refractivity contribution < 1.29 is 8.81 Å². The van der Waals surface area contributed by atoms with E-state index >= 15 is 0 Å². The van der Waals surface area contributed by atoms with Gasteiger partial charge in [0, 0.05) is 15.4 Å². The van der Waals surface area contributed by atoms with Crippen LogP contribution in [0.3, 0.4) is 0 Å². The molecule has 0 atom stereocenters. The number of benzene rings is 1. The van der Waals surface area contributed by atoms with Crippen molar-refractivity contribution in [1.29, 1.82) is 5.26 Å². The Morgan fingerprint density at radius 2 is 2.18 bits per heavy atom. The molecule has 17 heavy (non-hydrogen) atoms. The highest BCUT2D eigenvalue weighted by Crippen LogP contribution is 2.32. The fourth-order valence-electron chi connectivity index (χ4n) is 1.88. The average molecular weight is 296 g/mol. The maximum Gasteiger partial charge on any atom is 0.208 e. The molecule has 0 aliphatic rings. The molecule has 1 aromatic carbocycles. The van der Waals surface area contributed by atoms with Crippen molar-refractivity contribution in [3.8, 4) is 6.07 Å². The summed E-state index contributed by atoms with van der Waals surface area (Å²) in [7, 11) is 0. The Bertz CT molecular complexity index is 610. The predicted molar refractivity (Wildman–Crippen MR) is 67.1 cm³/mol. The molecular formula is C13H11BrFNO. The smallest absolute Gasteiger partial charge is 0.208 e. The van der Waals surface area contributed by atoms with Crippen molar-refractivity contribution in [2.45, 2.75) is 20.3 Å². The van der Waals surface area contributed by atoms with Gasteiger partial charge in [0.05, 0.1) is 0 Å². The van der Waals surface area contributed by atoms with Crippen LogP contribution >= 0.6 is 15.9 Å². The molecule has 88 valence electrons. The summed E-state index contributed by atoms with van der Waals surface area (Å²) in [5.41, 5.74) is 0.957. The lowest BCUT2D eigenvalue weighted by molar-refractivity contribution is 0.544. The van der Waals surface area contributed by atoms with Crippen molar-refractivity contribution in [3.63, 3.8) is 0 Å². The minimum atomic E-state index is -0.444. The number of hydrogen-bond donors (Lipinski definition) is 0. The van der Waals surface area contributed by atoms with Crippen LogP contribution in [-0.4, -0.2) is 0 Å². The lowest BCUT2D eigenvalue weighted by Gasteiger charge is -2.02. The minimum Gasteiger partial charge on any atom is -0.442 e. The molecule has 4 heteroatoms. The van der Waals surface area contributed by atoms with E-state index in [-0.39, 0.29) is 11.3 Å². The highest BCUT2D eigenvalue weighted by Gasteiger charge is 2.18. The number of nitriles is 1.